The first-order chi connectivity index (χ1) is 21.8. The maximum Gasteiger partial charge on any atom is 0.346 e. The smallest absolute Gasteiger partial charge is 0.346 e. The Morgan fingerprint density at radius 1 is 0.756 bits per heavy atom. The molecule has 1 aliphatic carbocycles. The summed E-state index contributed by atoms with van der Waals surface area (Å²) in [5, 5.41) is 0. The molecule has 0 saturated heterocycles. The Morgan fingerprint density at radius 3 is 1.98 bits per heavy atom. The molecular weight excluding hydrogens is 581 g/mol. The fourth-order valence-electron chi connectivity index (χ4n) is 5.80. The van der Waals surface area contributed by atoms with Gasteiger partial charge in [0.2, 0.25) is 5.82 Å². The van der Waals surface area contributed by atoms with E-state index in [1.165, 1.54) is 57.1 Å². The summed E-state index contributed by atoms with van der Waals surface area (Å²) in [6.45, 7) is 4.45. The summed E-state index contributed by atoms with van der Waals surface area (Å²) in [5.41, 5.74) is 0.535. The van der Waals surface area contributed by atoms with Crippen molar-refractivity contribution in [1.82, 2.24) is 0 Å². The molecule has 2 aromatic rings. The van der Waals surface area contributed by atoms with Crippen LogP contribution in [0.4, 0.5) is 13.2 Å². The van der Waals surface area contributed by atoms with Crippen LogP contribution in [0.2, 0.25) is 0 Å². The third-order valence-electron chi connectivity index (χ3n) is 8.61. The van der Waals surface area contributed by atoms with E-state index >= 15 is 0 Å². The molecule has 0 spiro atoms. The lowest BCUT2D eigenvalue weighted by molar-refractivity contribution is -0.157. The summed E-state index contributed by atoms with van der Waals surface area (Å²) < 4.78 is 59.5. The molecule has 0 bridgehead atoms. The summed E-state index contributed by atoms with van der Waals surface area (Å²) in [5.74, 6) is -4.02. The fraction of sp³-hybridized carbons (Fsp3) is 0.622. The fourth-order valence-corrected chi connectivity index (χ4v) is 5.80. The van der Waals surface area contributed by atoms with Gasteiger partial charge in [-0.25, -0.2) is 18.4 Å². The highest BCUT2D eigenvalue weighted by Gasteiger charge is 2.28. The van der Waals surface area contributed by atoms with Crippen LogP contribution in [-0.4, -0.2) is 30.8 Å². The van der Waals surface area contributed by atoms with Crippen LogP contribution in [-0.2, 0) is 9.53 Å². The highest BCUT2D eigenvalue weighted by Crippen LogP contribution is 2.35. The molecule has 0 amide bonds. The quantitative estimate of drug-likeness (QED) is 0.0826. The number of hydrogen-bond acceptors (Lipinski definition) is 5. The lowest BCUT2D eigenvalue weighted by atomic mass is 9.83. The van der Waals surface area contributed by atoms with E-state index in [1.54, 1.807) is 12.1 Å². The van der Waals surface area contributed by atoms with Gasteiger partial charge in [0.25, 0.3) is 0 Å². The number of alkyl halides is 1. The first kappa shape index (κ1) is 36.4. The number of hydrogen-bond donors (Lipinski definition) is 0. The van der Waals surface area contributed by atoms with Crippen molar-refractivity contribution in [3.8, 4) is 11.5 Å². The average Bonchev–Trinajstić information content (AvgIpc) is 3.05. The Hall–Kier alpha value is -3.03. The monoisotopic (exact) mass is 632 g/mol. The predicted molar refractivity (Wildman–Crippen MR) is 171 cm³/mol. The number of benzene rings is 2. The molecule has 1 saturated carbocycles. The van der Waals surface area contributed by atoms with Crippen LogP contribution in [0.3, 0.4) is 0 Å². The molecule has 1 aliphatic rings. The second-order valence-corrected chi connectivity index (χ2v) is 12.2. The van der Waals surface area contributed by atoms with Gasteiger partial charge in [0.05, 0.1) is 12.2 Å². The van der Waals surface area contributed by atoms with Crippen molar-refractivity contribution in [1.29, 1.82) is 0 Å². The lowest BCUT2D eigenvalue weighted by Crippen LogP contribution is -2.28. The summed E-state index contributed by atoms with van der Waals surface area (Å²) in [6.07, 6.45) is 14.4. The van der Waals surface area contributed by atoms with Crippen molar-refractivity contribution in [2.75, 3.05) is 6.61 Å². The third kappa shape index (κ3) is 12.4. The minimum absolute atomic E-state index is 0.197. The lowest BCUT2D eigenvalue weighted by Gasteiger charge is -2.29. The topological polar surface area (TPSA) is 61.8 Å². The zero-order valence-corrected chi connectivity index (χ0v) is 27.1. The molecule has 250 valence electrons. The summed E-state index contributed by atoms with van der Waals surface area (Å²) in [6, 6.07) is 9.37. The number of carbonyl (C=O) groups excluding carboxylic acids is 2. The van der Waals surface area contributed by atoms with Gasteiger partial charge in [-0.05, 0) is 74.3 Å². The molecular formula is C37H51F3O5. The van der Waals surface area contributed by atoms with Gasteiger partial charge in [-0.1, -0.05) is 96.6 Å². The number of unbranched alkanes of at least 4 members (excludes halogenated alkanes) is 10. The van der Waals surface area contributed by atoms with Crippen molar-refractivity contribution in [2.45, 2.75) is 141 Å². The molecule has 0 N–H and O–H groups in total. The number of ether oxygens (including phenoxy) is 3. The van der Waals surface area contributed by atoms with E-state index < -0.39 is 35.3 Å². The second kappa shape index (κ2) is 20.2. The number of halogens is 3. The first-order valence-electron chi connectivity index (χ1n) is 17.1. The maximum absolute atomic E-state index is 14.7. The van der Waals surface area contributed by atoms with Gasteiger partial charge in [-0.3, -0.25) is 0 Å². The van der Waals surface area contributed by atoms with Crippen LogP contribution in [0.5, 0.6) is 11.5 Å². The Kier molecular flexibility index (Phi) is 16.3. The molecule has 1 fully saturated rings. The summed E-state index contributed by atoms with van der Waals surface area (Å²) in [4.78, 5) is 24.6. The molecule has 0 unspecified atom stereocenters. The van der Waals surface area contributed by atoms with Crippen molar-refractivity contribution in [3.05, 3.63) is 59.2 Å². The van der Waals surface area contributed by atoms with E-state index in [4.69, 9.17) is 14.2 Å². The van der Waals surface area contributed by atoms with E-state index in [0.29, 0.717) is 19.3 Å². The Balaban J connectivity index is 1.39. The standard InChI is InChI=1S/C37H51F3O5/c1-3-5-7-8-9-10-11-12-13-14-26-43-33-25-24-31(34(39)35(33)40)36(41)44-29-20-16-27(17-21-29)28-18-22-30(23-19-28)45-37(42)32(38)15-6-4-2/h16-17,20-21,24-25,28,30,32H,3-15,18-19,22-23,26H2,1-2H3/t28-,30-,32-/m0/s1. The van der Waals surface area contributed by atoms with Gasteiger partial charge >= 0.3 is 11.9 Å². The molecule has 3 rings (SSSR count). The van der Waals surface area contributed by atoms with E-state index in [1.807, 2.05) is 19.1 Å². The normalized spacial score (nSPS) is 17.1. The molecule has 5 nitrogen and oxygen atoms in total. The molecule has 1 atom stereocenters. The molecule has 45 heavy (non-hydrogen) atoms. The van der Waals surface area contributed by atoms with Gasteiger partial charge in [0.1, 0.15) is 11.9 Å². The van der Waals surface area contributed by atoms with Crippen molar-refractivity contribution in [3.63, 3.8) is 0 Å². The van der Waals surface area contributed by atoms with Crippen LogP contribution in [0.15, 0.2) is 36.4 Å². The zero-order valence-electron chi connectivity index (χ0n) is 27.1. The Bertz CT molecular complexity index is 1160. The first-order valence-corrected chi connectivity index (χ1v) is 17.1. The van der Waals surface area contributed by atoms with Crippen molar-refractivity contribution >= 4 is 11.9 Å². The van der Waals surface area contributed by atoms with E-state index in [-0.39, 0.29) is 36.5 Å². The van der Waals surface area contributed by atoms with Crippen molar-refractivity contribution in [2.24, 2.45) is 0 Å². The number of rotatable bonds is 20. The van der Waals surface area contributed by atoms with Gasteiger partial charge < -0.3 is 14.2 Å². The molecule has 0 aliphatic heterocycles. The van der Waals surface area contributed by atoms with E-state index in [0.717, 1.165) is 44.1 Å². The molecule has 8 heteroatoms. The predicted octanol–water partition coefficient (Wildman–Crippen LogP) is 10.6. The van der Waals surface area contributed by atoms with E-state index in [2.05, 4.69) is 6.92 Å². The molecule has 0 radical (unpaired) electrons. The minimum Gasteiger partial charge on any atom is -0.490 e. The molecule has 2 aromatic carbocycles. The minimum atomic E-state index is -1.56. The van der Waals surface area contributed by atoms with Gasteiger partial charge in [0, 0.05) is 0 Å². The second-order valence-electron chi connectivity index (χ2n) is 12.2. The molecule has 0 aromatic heterocycles. The number of carbonyl (C=O) groups is 2. The SMILES string of the molecule is CCCCCCCCCCCCOc1ccc(C(=O)Oc2ccc([C@H]3CC[C@H](OC(=O)[C@@H](F)CCCC)CC3)cc2)c(F)c1F. The van der Waals surface area contributed by atoms with Gasteiger partial charge in [-0.2, -0.15) is 4.39 Å². The largest absolute Gasteiger partial charge is 0.490 e. The number of esters is 2. The Labute approximate surface area is 267 Å². The average molecular weight is 633 g/mol. The van der Waals surface area contributed by atoms with Crippen molar-refractivity contribution < 1.29 is 37.0 Å². The van der Waals surface area contributed by atoms with Crippen LogP contribution >= 0.6 is 0 Å². The third-order valence-corrected chi connectivity index (χ3v) is 8.61. The zero-order chi connectivity index (χ0) is 32.4. The van der Waals surface area contributed by atoms with Crippen LogP contribution in [0, 0.1) is 11.6 Å². The summed E-state index contributed by atoms with van der Waals surface area (Å²) in [7, 11) is 0. The molecule has 0 heterocycles. The van der Waals surface area contributed by atoms with Crippen LogP contribution in [0.25, 0.3) is 0 Å². The maximum atomic E-state index is 14.7. The van der Waals surface area contributed by atoms with E-state index in [9.17, 15) is 22.8 Å². The Morgan fingerprint density at radius 2 is 1.36 bits per heavy atom. The summed E-state index contributed by atoms with van der Waals surface area (Å²) >= 11 is 0. The van der Waals surface area contributed by atoms with Crippen LogP contribution in [0.1, 0.15) is 145 Å². The van der Waals surface area contributed by atoms with Gasteiger partial charge in [0.15, 0.2) is 17.7 Å². The highest BCUT2D eigenvalue weighted by molar-refractivity contribution is 5.91. The van der Waals surface area contributed by atoms with Gasteiger partial charge in [-0.15, -0.1) is 0 Å². The van der Waals surface area contributed by atoms with Crippen LogP contribution < -0.4 is 9.47 Å². The highest BCUT2D eigenvalue weighted by atomic mass is 19.2.